The highest BCUT2D eigenvalue weighted by Gasteiger charge is 2.14. The van der Waals surface area contributed by atoms with E-state index in [0.29, 0.717) is 12.6 Å². The first-order valence-corrected chi connectivity index (χ1v) is 7.68. The largest absolute Gasteiger partial charge is 0.467 e. The molecule has 0 saturated heterocycles. The Morgan fingerprint density at radius 1 is 1.24 bits per heavy atom. The number of hydrogen-bond donors (Lipinski definition) is 2. The lowest BCUT2D eigenvalue weighted by Crippen LogP contribution is -2.23. The van der Waals surface area contributed by atoms with Crippen LogP contribution in [0.5, 0.6) is 0 Å². The van der Waals surface area contributed by atoms with Crippen molar-refractivity contribution in [2.24, 2.45) is 0 Å². The Balaban J connectivity index is 1.64. The molecule has 5 nitrogen and oxygen atoms in total. The zero-order chi connectivity index (χ0) is 14.5. The van der Waals surface area contributed by atoms with E-state index >= 15 is 0 Å². The van der Waals surface area contributed by atoms with Gasteiger partial charge in [-0.3, -0.25) is 0 Å². The van der Waals surface area contributed by atoms with Crippen LogP contribution in [0.3, 0.4) is 0 Å². The van der Waals surface area contributed by atoms with Gasteiger partial charge in [-0.25, -0.2) is 4.98 Å². The van der Waals surface area contributed by atoms with Crippen LogP contribution < -0.4 is 10.6 Å². The number of rotatable bonds is 5. The molecule has 0 unspecified atom stereocenters. The number of anilines is 2. The van der Waals surface area contributed by atoms with Crippen molar-refractivity contribution in [3.63, 3.8) is 0 Å². The lowest BCUT2D eigenvalue weighted by molar-refractivity contribution is 0.461. The first-order valence-electron chi connectivity index (χ1n) is 7.68. The van der Waals surface area contributed by atoms with Crippen LogP contribution in [0.4, 0.5) is 11.8 Å². The van der Waals surface area contributed by atoms with Crippen LogP contribution in [0.15, 0.2) is 28.9 Å². The van der Waals surface area contributed by atoms with E-state index in [1.807, 2.05) is 25.1 Å². The topological polar surface area (TPSA) is 63.0 Å². The van der Waals surface area contributed by atoms with Crippen LogP contribution in [0.2, 0.25) is 0 Å². The van der Waals surface area contributed by atoms with Gasteiger partial charge in [0.05, 0.1) is 12.8 Å². The van der Waals surface area contributed by atoms with Gasteiger partial charge >= 0.3 is 0 Å². The number of furan rings is 1. The highest BCUT2D eigenvalue weighted by atomic mass is 16.3. The molecule has 0 atom stereocenters. The molecule has 1 saturated carbocycles. The maximum absolute atomic E-state index is 5.32. The summed E-state index contributed by atoms with van der Waals surface area (Å²) >= 11 is 0. The monoisotopic (exact) mass is 286 g/mol. The molecule has 2 heterocycles. The van der Waals surface area contributed by atoms with E-state index in [0.717, 1.165) is 23.2 Å². The highest BCUT2D eigenvalue weighted by Crippen LogP contribution is 2.21. The summed E-state index contributed by atoms with van der Waals surface area (Å²) in [4.78, 5) is 9.04. The van der Waals surface area contributed by atoms with Crippen molar-refractivity contribution in [3.8, 4) is 0 Å². The van der Waals surface area contributed by atoms with Gasteiger partial charge in [0.25, 0.3) is 0 Å². The van der Waals surface area contributed by atoms with E-state index in [9.17, 15) is 0 Å². The fraction of sp³-hybridized carbons (Fsp3) is 0.500. The van der Waals surface area contributed by atoms with Crippen molar-refractivity contribution in [1.82, 2.24) is 9.97 Å². The number of hydrogen-bond acceptors (Lipinski definition) is 5. The Hall–Kier alpha value is -2.04. The fourth-order valence-electron chi connectivity index (χ4n) is 2.74. The van der Waals surface area contributed by atoms with Crippen molar-refractivity contribution in [2.45, 2.75) is 51.6 Å². The summed E-state index contributed by atoms with van der Waals surface area (Å²) in [5.41, 5.74) is 0.963. The van der Waals surface area contributed by atoms with Gasteiger partial charge in [0.1, 0.15) is 11.6 Å². The zero-order valence-electron chi connectivity index (χ0n) is 12.4. The van der Waals surface area contributed by atoms with E-state index in [-0.39, 0.29) is 0 Å². The summed E-state index contributed by atoms with van der Waals surface area (Å²) in [6, 6.07) is 6.30. The Morgan fingerprint density at radius 3 is 2.86 bits per heavy atom. The van der Waals surface area contributed by atoms with Crippen molar-refractivity contribution in [2.75, 3.05) is 10.6 Å². The molecular formula is C16H22N4O. The van der Waals surface area contributed by atoms with Gasteiger partial charge in [0.15, 0.2) is 0 Å². The first-order chi connectivity index (χ1) is 10.3. The molecule has 112 valence electrons. The number of nitrogens with one attached hydrogen (secondary N) is 2. The Bertz CT molecular complexity index is 562. The average Bonchev–Trinajstić information content (AvgIpc) is 2.99. The molecule has 0 aliphatic heterocycles. The molecule has 2 N–H and O–H groups in total. The van der Waals surface area contributed by atoms with E-state index in [4.69, 9.17) is 4.42 Å². The fourth-order valence-corrected chi connectivity index (χ4v) is 2.74. The zero-order valence-corrected chi connectivity index (χ0v) is 12.4. The van der Waals surface area contributed by atoms with E-state index in [2.05, 4.69) is 20.6 Å². The maximum atomic E-state index is 5.32. The molecule has 21 heavy (non-hydrogen) atoms. The first kappa shape index (κ1) is 13.9. The summed E-state index contributed by atoms with van der Waals surface area (Å²) < 4.78 is 5.32. The predicted molar refractivity (Wildman–Crippen MR) is 83.3 cm³/mol. The van der Waals surface area contributed by atoms with Gasteiger partial charge in [-0.2, -0.15) is 4.98 Å². The number of aromatic nitrogens is 2. The van der Waals surface area contributed by atoms with Gasteiger partial charge < -0.3 is 15.1 Å². The van der Waals surface area contributed by atoms with E-state index in [1.165, 1.54) is 32.1 Å². The van der Waals surface area contributed by atoms with Crippen molar-refractivity contribution in [1.29, 1.82) is 0 Å². The lowest BCUT2D eigenvalue weighted by atomic mass is 9.96. The van der Waals surface area contributed by atoms with E-state index in [1.54, 1.807) is 6.26 Å². The molecule has 1 aliphatic rings. The van der Waals surface area contributed by atoms with Crippen LogP contribution >= 0.6 is 0 Å². The quantitative estimate of drug-likeness (QED) is 0.876. The Kier molecular flexibility index (Phi) is 4.38. The molecule has 0 spiro atoms. The number of nitrogens with zero attached hydrogens (tertiary/aromatic N) is 2. The summed E-state index contributed by atoms with van der Waals surface area (Å²) in [6.07, 6.45) is 8.06. The summed E-state index contributed by atoms with van der Waals surface area (Å²) in [7, 11) is 0. The van der Waals surface area contributed by atoms with Crippen LogP contribution in [-0.4, -0.2) is 16.0 Å². The molecule has 0 radical (unpaired) electrons. The summed E-state index contributed by atoms with van der Waals surface area (Å²) in [5.74, 6) is 2.45. The molecule has 1 aliphatic carbocycles. The molecule has 0 amide bonds. The van der Waals surface area contributed by atoms with Crippen LogP contribution in [0.1, 0.15) is 43.6 Å². The SMILES string of the molecule is Cc1cc(NCc2ccco2)nc(NC2CCCCC2)n1. The lowest BCUT2D eigenvalue weighted by Gasteiger charge is -2.23. The molecule has 3 rings (SSSR count). The van der Waals surface area contributed by atoms with Gasteiger partial charge in [-0.1, -0.05) is 19.3 Å². The minimum Gasteiger partial charge on any atom is -0.467 e. The van der Waals surface area contributed by atoms with Gasteiger partial charge in [0.2, 0.25) is 5.95 Å². The van der Waals surface area contributed by atoms with Crippen molar-refractivity contribution in [3.05, 3.63) is 35.9 Å². The minimum atomic E-state index is 0.512. The summed E-state index contributed by atoms with van der Waals surface area (Å²) in [5, 5.41) is 6.75. The predicted octanol–water partition coefficient (Wildman–Crippen LogP) is 3.73. The van der Waals surface area contributed by atoms with Gasteiger partial charge in [-0.05, 0) is 31.9 Å². The Morgan fingerprint density at radius 2 is 2.10 bits per heavy atom. The highest BCUT2D eigenvalue weighted by molar-refractivity contribution is 5.42. The van der Waals surface area contributed by atoms with Gasteiger partial charge in [-0.15, -0.1) is 0 Å². The smallest absolute Gasteiger partial charge is 0.225 e. The van der Waals surface area contributed by atoms with Crippen LogP contribution in [0.25, 0.3) is 0 Å². The Labute approximate surface area is 125 Å². The minimum absolute atomic E-state index is 0.512. The molecule has 0 aromatic carbocycles. The van der Waals surface area contributed by atoms with Crippen LogP contribution in [-0.2, 0) is 6.54 Å². The average molecular weight is 286 g/mol. The van der Waals surface area contributed by atoms with E-state index < -0.39 is 0 Å². The normalized spacial score (nSPS) is 15.9. The second-order valence-electron chi connectivity index (χ2n) is 5.63. The molecule has 2 aromatic heterocycles. The van der Waals surface area contributed by atoms with Crippen molar-refractivity contribution >= 4 is 11.8 Å². The third-order valence-electron chi connectivity index (χ3n) is 3.82. The molecular weight excluding hydrogens is 264 g/mol. The molecule has 5 heteroatoms. The molecule has 2 aromatic rings. The second-order valence-corrected chi connectivity index (χ2v) is 5.63. The second kappa shape index (κ2) is 6.61. The maximum Gasteiger partial charge on any atom is 0.225 e. The third-order valence-corrected chi connectivity index (χ3v) is 3.82. The summed E-state index contributed by atoms with van der Waals surface area (Å²) in [6.45, 7) is 2.62. The molecule has 0 bridgehead atoms. The standard InChI is InChI=1S/C16H22N4O/c1-12-10-15(17-11-14-8-5-9-21-14)20-16(18-12)19-13-6-3-2-4-7-13/h5,8-10,13H,2-4,6-7,11H2,1H3,(H2,17,18,19,20). The number of aryl methyl sites for hydroxylation is 1. The van der Waals surface area contributed by atoms with Crippen LogP contribution in [0, 0.1) is 6.92 Å². The van der Waals surface area contributed by atoms with Gasteiger partial charge in [0, 0.05) is 17.8 Å². The third kappa shape index (κ3) is 3.97. The molecule has 1 fully saturated rings. The van der Waals surface area contributed by atoms with Crippen molar-refractivity contribution < 1.29 is 4.42 Å².